The molecule has 3 N–H and O–H groups in total. The Bertz CT molecular complexity index is 908. The number of benzene rings is 1. The van der Waals surface area contributed by atoms with Gasteiger partial charge in [0.25, 0.3) is 12.9 Å². The molecule has 5 rings (SSSR count). The molecule has 0 bridgehead atoms. The van der Waals surface area contributed by atoms with E-state index in [0.717, 1.165) is 95.3 Å². The van der Waals surface area contributed by atoms with Crippen LogP contribution in [0.15, 0.2) is 24.3 Å². The van der Waals surface area contributed by atoms with E-state index in [-0.39, 0.29) is 18.4 Å². The normalized spacial score (nSPS) is 22.8. The third-order valence-electron chi connectivity index (χ3n) is 6.64. The molecule has 1 amide bonds. The van der Waals surface area contributed by atoms with Crippen LogP contribution in [0.4, 0.5) is 0 Å². The Hall–Kier alpha value is -3.02. The number of ether oxygens (including phenoxy) is 1. The van der Waals surface area contributed by atoms with Crippen molar-refractivity contribution in [2.24, 2.45) is 5.41 Å². The second-order valence-corrected chi connectivity index (χ2v) is 8.65. The number of carbonyl (C=O) groups excluding carboxylic acids is 1. The van der Waals surface area contributed by atoms with E-state index < -0.39 is 0 Å². The van der Waals surface area contributed by atoms with Crippen LogP contribution in [0, 0.1) is 5.41 Å². The van der Waals surface area contributed by atoms with Crippen LogP contribution >= 0.6 is 0 Å². The molecule has 3 saturated heterocycles. The molecule has 1 aromatic carbocycles. The van der Waals surface area contributed by atoms with Crippen molar-refractivity contribution in [1.82, 2.24) is 24.7 Å². The Balaban J connectivity index is 0.000000492. The lowest BCUT2D eigenvalue weighted by molar-refractivity contribution is -0.135. The molecule has 186 valence electrons. The van der Waals surface area contributed by atoms with Gasteiger partial charge in [0.15, 0.2) is 0 Å². The number of hydrogen-bond donors (Lipinski definition) is 3. The summed E-state index contributed by atoms with van der Waals surface area (Å²) < 4.78 is 5.41. The quantitative estimate of drug-likeness (QED) is 0.534. The number of carbonyl (C=O) groups is 3. The Kier molecular flexibility index (Phi) is 9.37. The maximum Gasteiger partial charge on any atom is 0.290 e. The molecule has 1 atom stereocenters. The number of aromatic amines is 1. The first-order valence-corrected chi connectivity index (χ1v) is 11.5. The average molecular weight is 476 g/mol. The molecule has 1 spiro atoms. The van der Waals surface area contributed by atoms with Gasteiger partial charge in [0.05, 0.1) is 36.2 Å². The summed E-state index contributed by atoms with van der Waals surface area (Å²) in [6.45, 7) is 8.44. The number of imidazole rings is 1. The Labute approximate surface area is 198 Å². The highest BCUT2D eigenvalue weighted by molar-refractivity contribution is 5.85. The highest BCUT2D eigenvalue weighted by atomic mass is 16.5. The third kappa shape index (κ3) is 6.31. The van der Waals surface area contributed by atoms with Crippen molar-refractivity contribution >= 4 is 29.9 Å². The monoisotopic (exact) mass is 475 g/mol. The summed E-state index contributed by atoms with van der Waals surface area (Å²) in [4.78, 5) is 44.9. The molecule has 3 aliphatic rings. The highest BCUT2D eigenvalue weighted by Crippen LogP contribution is 2.41. The van der Waals surface area contributed by atoms with Crippen molar-refractivity contribution in [2.75, 3.05) is 59.0 Å². The van der Waals surface area contributed by atoms with E-state index >= 15 is 0 Å². The molecule has 3 aliphatic heterocycles. The lowest BCUT2D eigenvalue weighted by atomic mass is 9.85. The molecule has 11 heteroatoms. The van der Waals surface area contributed by atoms with E-state index in [0.29, 0.717) is 5.91 Å². The van der Waals surface area contributed by atoms with Gasteiger partial charge in [-0.15, -0.1) is 0 Å². The molecule has 0 aliphatic carbocycles. The number of para-hydroxylation sites is 2. The number of aromatic nitrogens is 2. The average Bonchev–Trinajstić information content (AvgIpc) is 3.52. The number of hydrogen-bond acceptors (Lipinski definition) is 7. The second kappa shape index (κ2) is 12.4. The predicted octanol–water partition coefficient (Wildman–Crippen LogP) is 0.721. The van der Waals surface area contributed by atoms with Crippen molar-refractivity contribution in [3.63, 3.8) is 0 Å². The van der Waals surface area contributed by atoms with Crippen molar-refractivity contribution in [2.45, 2.75) is 19.4 Å². The van der Waals surface area contributed by atoms with E-state index in [9.17, 15) is 4.79 Å². The van der Waals surface area contributed by atoms with Crippen molar-refractivity contribution in [1.29, 1.82) is 0 Å². The van der Waals surface area contributed by atoms with Gasteiger partial charge in [0, 0.05) is 39.3 Å². The van der Waals surface area contributed by atoms with Crippen LogP contribution in [0.3, 0.4) is 0 Å². The molecule has 4 heterocycles. The van der Waals surface area contributed by atoms with E-state index in [1.54, 1.807) is 0 Å². The Morgan fingerprint density at radius 2 is 1.68 bits per heavy atom. The Morgan fingerprint density at radius 3 is 2.38 bits per heavy atom. The van der Waals surface area contributed by atoms with Gasteiger partial charge >= 0.3 is 0 Å². The number of rotatable bonds is 5. The molecule has 11 nitrogen and oxygen atoms in total. The van der Waals surface area contributed by atoms with Gasteiger partial charge in [0.1, 0.15) is 5.82 Å². The van der Waals surface area contributed by atoms with E-state index in [4.69, 9.17) is 29.5 Å². The highest BCUT2D eigenvalue weighted by Gasteiger charge is 2.50. The maximum absolute atomic E-state index is 13.2. The topological polar surface area (TPSA) is 139 Å². The standard InChI is InChI=1S/C21H29N5O2.2CH2O2/c27-20-21(6-8-26(20)10-9-24-11-13-28-14-12-24)5-7-25(16-21)15-19-22-17-3-1-2-4-18(17)23-19;2*2-1-3/h1-4H,5-16H2,(H,22,23);2*1H,(H,2,3). The molecular formula is C23H33N5O6. The number of nitrogens with one attached hydrogen (secondary N) is 1. The molecule has 2 aromatic rings. The van der Waals surface area contributed by atoms with Gasteiger partial charge in [-0.25, -0.2) is 4.98 Å². The van der Waals surface area contributed by atoms with Gasteiger partial charge in [-0.2, -0.15) is 0 Å². The number of carboxylic acid groups (broad SMARTS) is 2. The predicted molar refractivity (Wildman–Crippen MR) is 124 cm³/mol. The lowest BCUT2D eigenvalue weighted by Gasteiger charge is -2.29. The second-order valence-electron chi connectivity index (χ2n) is 8.65. The lowest BCUT2D eigenvalue weighted by Crippen LogP contribution is -2.43. The zero-order valence-corrected chi connectivity index (χ0v) is 19.3. The number of fused-ring (bicyclic) bond motifs is 1. The van der Waals surface area contributed by atoms with E-state index in [1.165, 1.54) is 0 Å². The third-order valence-corrected chi connectivity index (χ3v) is 6.64. The number of H-pyrrole nitrogens is 1. The van der Waals surface area contributed by atoms with Gasteiger partial charge in [-0.1, -0.05) is 12.1 Å². The minimum atomic E-state index is -0.250. The van der Waals surface area contributed by atoms with Crippen LogP contribution in [0.25, 0.3) is 11.0 Å². The summed E-state index contributed by atoms with van der Waals surface area (Å²) in [5.41, 5.74) is 1.92. The molecule has 0 radical (unpaired) electrons. The number of likely N-dealkylation sites (tertiary alicyclic amines) is 2. The zero-order valence-electron chi connectivity index (χ0n) is 19.3. The summed E-state index contributed by atoms with van der Waals surface area (Å²) in [5.74, 6) is 1.36. The van der Waals surface area contributed by atoms with Gasteiger partial charge < -0.3 is 24.8 Å². The van der Waals surface area contributed by atoms with E-state index in [2.05, 4.69) is 25.8 Å². The van der Waals surface area contributed by atoms with E-state index in [1.807, 2.05) is 18.2 Å². The minimum Gasteiger partial charge on any atom is -0.483 e. The van der Waals surface area contributed by atoms with Crippen LogP contribution in [0.5, 0.6) is 0 Å². The smallest absolute Gasteiger partial charge is 0.290 e. The molecular weight excluding hydrogens is 442 g/mol. The van der Waals surface area contributed by atoms with Crippen LogP contribution in [0.2, 0.25) is 0 Å². The largest absolute Gasteiger partial charge is 0.483 e. The van der Waals surface area contributed by atoms with Crippen LogP contribution in [-0.4, -0.2) is 113 Å². The van der Waals surface area contributed by atoms with Crippen LogP contribution in [-0.2, 0) is 25.7 Å². The summed E-state index contributed by atoms with van der Waals surface area (Å²) in [7, 11) is 0. The molecule has 1 unspecified atom stereocenters. The van der Waals surface area contributed by atoms with Crippen molar-refractivity contribution in [3.05, 3.63) is 30.1 Å². The maximum atomic E-state index is 13.2. The number of nitrogens with zero attached hydrogens (tertiary/aromatic N) is 4. The molecule has 34 heavy (non-hydrogen) atoms. The van der Waals surface area contributed by atoms with Crippen LogP contribution in [0.1, 0.15) is 18.7 Å². The van der Waals surface area contributed by atoms with Crippen molar-refractivity contribution < 1.29 is 29.3 Å². The summed E-state index contributed by atoms with van der Waals surface area (Å²) in [6.07, 6.45) is 1.96. The van der Waals surface area contributed by atoms with Gasteiger partial charge in [-0.3, -0.25) is 24.2 Å². The number of amides is 1. The minimum absolute atomic E-state index is 0.170. The fourth-order valence-electron chi connectivity index (χ4n) is 4.96. The van der Waals surface area contributed by atoms with Gasteiger partial charge in [0.2, 0.25) is 5.91 Å². The van der Waals surface area contributed by atoms with Crippen LogP contribution < -0.4 is 0 Å². The Morgan fingerprint density at radius 1 is 1.00 bits per heavy atom. The fourth-order valence-corrected chi connectivity index (χ4v) is 4.96. The summed E-state index contributed by atoms with van der Waals surface area (Å²) >= 11 is 0. The SMILES string of the molecule is O=C1N(CCN2CCOCC2)CCC12CCN(Cc1nc3ccccc3[nH]1)C2.O=CO.O=CO. The fraction of sp³-hybridized carbons (Fsp3) is 0.565. The molecule has 1 aromatic heterocycles. The van der Waals surface area contributed by atoms with Gasteiger partial charge in [-0.05, 0) is 31.5 Å². The molecule has 0 saturated carbocycles. The first-order valence-electron chi connectivity index (χ1n) is 11.5. The zero-order chi connectivity index (χ0) is 24.4. The number of morpholine rings is 1. The summed E-state index contributed by atoms with van der Waals surface area (Å²) in [6, 6.07) is 8.14. The molecule has 3 fully saturated rings. The first-order chi connectivity index (χ1) is 16.5. The first kappa shape index (κ1) is 25.6. The van der Waals surface area contributed by atoms with Crippen molar-refractivity contribution in [3.8, 4) is 0 Å². The summed E-state index contributed by atoms with van der Waals surface area (Å²) in [5, 5.41) is 13.8.